The smallest absolute Gasteiger partial charge is 0.264 e. The number of aryl methyl sites for hydroxylation is 2. The molecule has 0 aliphatic carbocycles. The Hall–Kier alpha value is -3.03. The maximum absolute atomic E-state index is 13.5. The molecule has 0 aliphatic heterocycles. The third-order valence-electron chi connectivity index (χ3n) is 5.69. The topological polar surface area (TPSA) is 75.7 Å². The van der Waals surface area contributed by atoms with Gasteiger partial charge in [0.2, 0.25) is 5.91 Å². The van der Waals surface area contributed by atoms with Gasteiger partial charge < -0.3 is 10.1 Å². The number of amides is 1. The standard InChI is InChI=1S/C27H31ClN2O4S/c1-19(2)25-7-5-6-8-26(25)34-16-15-29-27(31)18-30(23-12-9-20(3)21(4)17-23)35(32,33)24-13-10-22(28)11-14-24/h5-14,17,19H,15-16,18H2,1-4H3,(H,29,31). The third-order valence-corrected chi connectivity index (χ3v) is 7.73. The van der Waals surface area contributed by atoms with Crippen molar-refractivity contribution in [1.82, 2.24) is 5.32 Å². The average Bonchev–Trinajstić information content (AvgIpc) is 2.82. The summed E-state index contributed by atoms with van der Waals surface area (Å²) in [6, 6.07) is 19.0. The average molecular weight is 515 g/mol. The van der Waals surface area contributed by atoms with Gasteiger partial charge >= 0.3 is 0 Å². The maximum Gasteiger partial charge on any atom is 0.264 e. The van der Waals surface area contributed by atoms with Crippen LogP contribution in [0.15, 0.2) is 71.6 Å². The van der Waals surface area contributed by atoms with Crippen molar-refractivity contribution in [3.8, 4) is 5.75 Å². The first kappa shape index (κ1) is 26.6. The van der Waals surface area contributed by atoms with E-state index in [1.54, 1.807) is 12.1 Å². The number of hydrogen-bond donors (Lipinski definition) is 1. The van der Waals surface area contributed by atoms with Crippen LogP contribution in [0.5, 0.6) is 5.75 Å². The molecule has 0 aromatic heterocycles. The lowest BCUT2D eigenvalue weighted by Gasteiger charge is -2.25. The van der Waals surface area contributed by atoms with Gasteiger partial charge in [0.05, 0.1) is 17.1 Å². The number of carbonyl (C=O) groups excluding carboxylic acids is 1. The van der Waals surface area contributed by atoms with Crippen molar-refractivity contribution in [3.63, 3.8) is 0 Å². The van der Waals surface area contributed by atoms with Gasteiger partial charge in [-0.1, -0.05) is 49.7 Å². The lowest BCUT2D eigenvalue weighted by Crippen LogP contribution is -2.42. The Kier molecular flexibility index (Phi) is 8.81. The van der Waals surface area contributed by atoms with Crippen LogP contribution >= 0.6 is 11.6 Å². The Balaban J connectivity index is 1.73. The van der Waals surface area contributed by atoms with E-state index in [9.17, 15) is 13.2 Å². The van der Waals surface area contributed by atoms with Crippen molar-refractivity contribution < 1.29 is 17.9 Å². The van der Waals surface area contributed by atoms with Gasteiger partial charge in [0.25, 0.3) is 10.0 Å². The van der Waals surface area contributed by atoms with Gasteiger partial charge in [0.1, 0.15) is 18.9 Å². The number of benzene rings is 3. The highest BCUT2D eigenvalue weighted by atomic mass is 35.5. The molecular weight excluding hydrogens is 484 g/mol. The van der Waals surface area contributed by atoms with Crippen molar-refractivity contribution >= 4 is 33.2 Å². The summed E-state index contributed by atoms with van der Waals surface area (Å²) in [5.74, 6) is 0.658. The van der Waals surface area contributed by atoms with E-state index in [0.717, 1.165) is 26.7 Å². The second-order valence-corrected chi connectivity index (χ2v) is 10.9. The van der Waals surface area contributed by atoms with Crippen LogP contribution in [-0.2, 0) is 14.8 Å². The Morgan fingerprint density at radius 3 is 2.34 bits per heavy atom. The number of anilines is 1. The minimum atomic E-state index is -4.00. The molecule has 0 saturated carbocycles. The highest BCUT2D eigenvalue weighted by Gasteiger charge is 2.27. The van der Waals surface area contributed by atoms with Crippen LogP contribution in [0.4, 0.5) is 5.69 Å². The van der Waals surface area contributed by atoms with Crippen LogP contribution in [0.3, 0.4) is 0 Å². The maximum atomic E-state index is 13.5. The number of rotatable bonds is 10. The van der Waals surface area contributed by atoms with Gasteiger partial charge in [-0.2, -0.15) is 0 Å². The first-order chi connectivity index (χ1) is 16.6. The molecule has 0 spiro atoms. The minimum Gasteiger partial charge on any atom is -0.491 e. The van der Waals surface area contributed by atoms with Crippen LogP contribution in [0.25, 0.3) is 0 Å². The molecule has 0 bridgehead atoms. The lowest BCUT2D eigenvalue weighted by atomic mass is 10.0. The second-order valence-electron chi connectivity index (χ2n) is 8.63. The summed E-state index contributed by atoms with van der Waals surface area (Å²) >= 11 is 5.94. The highest BCUT2D eigenvalue weighted by Crippen LogP contribution is 2.27. The van der Waals surface area contributed by atoms with E-state index in [0.29, 0.717) is 16.6 Å². The normalized spacial score (nSPS) is 11.4. The zero-order valence-corrected chi connectivity index (χ0v) is 22.0. The first-order valence-corrected chi connectivity index (χ1v) is 13.3. The van der Waals surface area contributed by atoms with E-state index in [4.69, 9.17) is 16.3 Å². The molecule has 186 valence electrons. The van der Waals surface area contributed by atoms with Crippen LogP contribution < -0.4 is 14.4 Å². The fourth-order valence-electron chi connectivity index (χ4n) is 3.56. The number of sulfonamides is 1. The van der Waals surface area contributed by atoms with Crippen molar-refractivity contribution in [1.29, 1.82) is 0 Å². The monoisotopic (exact) mass is 514 g/mol. The molecule has 3 aromatic rings. The molecule has 0 unspecified atom stereocenters. The molecule has 3 aromatic carbocycles. The van der Waals surface area contributed by atoms with E-state index in [-0.39, 0.29) is 24.6 Å². The van der Waals surface area contributed by atoms with E-state index < -0.39 is 15.9 Å². The Bertz CT molecular complexity index is 1270. The summed E-state index contributed by atoms with van der Waals surface area (Å²) in [6.07, 6.45) is 0. The molecule has 0 aliphatic rings. The third kappa shape index (κ3) is 6.77. The van der Waals surface area contributed by atoms with Crippen molar-refractivity contribution in [2.75, 3.05) is 24.0 Å². The van der Waals surface area contributed by atoms with Crippen LogP contribution in [0, 0.1) is 13.8 Å². The molecule has 35 heavy (non-hydrogen) atoms. The molecule has 3 rings (SSSR count). The predicted octanol–water partition coefficient (Wildman–Crippen LogP) is 5.47. The van der Waals surface area contributed by atoms with Crippen LogP contribution in [0.1, 0.15) is 36.5 Å². The number of ether oxygens (including phenoxy) is 1. The molecule has 1 amide bonds. The number of halogens is 1. The zero-order chi connectivity index (χ0) is 25.6. The summed E-state index contributed by atoms with van der Waals surface area (Å²) in [4.78, 5) is 12.9. The van der Waals surface area contributed by atoms with Gasteiger partial charge in [-0.05, 0) is 78.9 Å². The number of para-hydroxylation sites is 1. The Labute approximate surface area is 212 Å². The number of carbonyl (C=O) groups is 1. The van der Waals surface area contributed by atoms with Gasteiger partial charge in [-0.15, -0.1) is 0 Å². The molecule has 0 saturated heterocycles. The van der Waals surface area contributed by atoms with Crippen molar-refractivity contribution in [3.05, 3.63) is 88.4 Å². The molecule has 1 N–H and O–H groups in total. The molecule has 0 fully saturated rings. The number of nitrogens with one attached hydrogen (secondary N) is 1. The van der Waals surface area contributed by atoms with E-state index in [1.165, 1.54) is 24.3 Å². The summed E-state index contributed by atoms with van der Waals surface area (Å²) < 4.78 is 33.9. The summed E-state index contributed by atoms with van der Waals surface area (Å²) in [5.41, 5.74) is 3.46. The van der Waals surface area contributed by atoms with Gasteiger partial charge in [0.15, 0.2) is 0 Å². The summed E-state index contributed by atoms with van der Waals surface area (Å²) in [6.45, 7) is 8.17. The van der Waals surface area contributed by atoms with Gasteiger partial charge in [-0.25, -0.2) is 8.42 Å². The number of nitrogens with zero attached hydrogens (tertiary/aromatic N) is 1. The Morgan fingerprint density at radius 2 is 1.69 bits per heavy atom. The molecule has 0 heterocycles. The predicted molar refractivity (Wildman–Crippen MR) is 141 cm³/mol. The molecule has 0 atom stereocenters. The summed E-state index contributed by atoms with van der Waals surface area (Å²) in [7, 11) is -4.00. The lowest BCUT2D eigenvalue weighted by molar-refractivity contribution is -0.119. The van der Waals surface area contributed by atoms with Crippen LogP contribution in [0.2, 0.25) is 5.02 Å². The Morgan fingerprint density at radius 1 is 1.00 bits per heavy atom. The molecular formula is C27H31ClN2O4S. The SMILES string of the molecule is Cc1ccc(N(CC(=O)NCCOc2ccccc2C(C)C)S(=O)(=O)c2ccc(Cl)cc2)cc1C. The zero-order valence-electron chi connectivity index (χ0n) is 20.4. The van der Waals surface area contributed by atoms with E-state index >= 15 is 0 Å². The second kappa shape index (κ2) is 11.6. The van der Waals surface area contributed by atoms with Gasteiger partial charge in [-0.3, -0.25) is 9.10 Å². The fourth-order valence-corrected chi connectivity index (χ4v) is 5.10. The molecule has 0 radical (unpaired) electrons. The highest BCUT2D eigenvalue weighted by molar-refractivity contribution is 7.92. The van der Waals surface area contributed by atoms with E-state index in [2.05, 4.69) is 19.2 Å². The molecule has 8 heteroatoms. The number of hydrogen-bond acceptors (Lipinski definition) is 4. The minimum absolute atomic E-state index is 0.0570. The molecule has 6 nitrogen and oxygen atoms in total. The van der Waals surface area contributed by atoms with Crippen molar-refractivity contribution in [2.45, 2.75) is 38.5 Å². The largest absolute Gasteiger partial charge is 0.491 e. The van der Waals surface area contributed by atoms with Crippen molar-refractivity contribution in [2.24, 2.45) is 0 Å². The van der Waals surface area contributed by atoms with E-state index in [1.807, 2.05) is 44.2 Å². The quantitative estimate of drug-likeness (QED) is 0.364. The van der Waals surface area contributed by atoms with Crippen LogP contribution in [-0.4, -0.2) is 34.0 Å². The fraction of sp³-hybridized carbons (Fsp3) is 0.296. The first-order valence-electron chi connectivity index (χ1n) is 11.4. The summed E-state index contributed by atoms with van der Waals surface area (Å²) in [5, 5.41) is 3.20. The van der Waals surface area contributed by atoms with Gasteiger partial charge in [0, 0.05) is 5.02 Å².